The summed E-state index contributed by atoms with van der Waals surface area (Å²) in [6.45, 7) is 0.981. The molecule has 0 aromatic heterocycles. The van der Waals surface area contributed by atoms with Crippen LogP contribution in [0.4, 0.5) is 5.69 Å². The fourth-order valence-corrected chi connectivity index (χ4v) is 2.98. The molecule has 0 atom stereocenters. The third-order valence-electron chi connectivity index (χ3n) is 4.01. The van der Waals surface area contributed by atoms with Gasteiger partial charge in [0.2, 0.25) is 0 Å². The van der Waals surface area contributed by atoms with Crippen molar-refractivity contribution in [2.45, 2.75) is 38.5 Å². The molecule has 0 aliphatic heterocycles. The van der Waals surface area contributed by atoms with Crippen molar-refractivity contribution in [3.63, 3.8) is 0 Å². The van der Waals surface area contributed by atoms with Crippen molar-refractivity contribution < 1.29 is 4.79 Å². The number of hydrogen-bond donors (Lipinski definition) is 2. The summed E-state index contributed by atoms with van der Waals surface area (Å²) in [5.41, 5.74) is 1.50. The van der Waals surface area contributed by atoms with Crippen molar-refractivity contribution in [2.75, 3.05) is 18.9 Å². The van der Waals surface area contributed by atoms with E-state index in [9.17, 15) is 4.79 Å². The molecule has 2 rings (SSSR count). The van der Waals surface area contributed by atoms with E-state index in [1.165, 1.54) is 38.5 Å². The lowest BCUT2D eigenvalue weighted by atomic mass is 10.0. The zero-order valence-corrected chi connectivity index (χ0v) is 12.8. The Hall–Kier alpha value is -1.22. The minimum atomic E-state index is -0.145. The molecule has 0 unspecified atom stereocenters. The largest absolute Gasteiger partial charge is 0.385 e. The van der Waals surface area contributed by atoms with Crippen LogP contribution in [0.3, 0.4) is 0 Å². The van der Waals surface area contributed by atoms with Gasteiger partial charge >= 0.3 is 0 Å². The van der Waals surface area contributed by atoms with Crippen LogP contribution in [-0.2, 0) is 0 Å². The summed E-state index contributed by atoms with van der Waals surface area (Å²) in [6, 6.07) is 5.55. The first-order valence-corrected chi connectivity index (χ1v) is 7.84. The minimum absolute atomic E-state index is 0.145. The van der Waals surface area contributed by atoms with Crippen molar-refractivity contribution in [1.29, 1.82) is 0 Å². The van der Waals surface area contributed by atoms with Gasteiger partial charge in [0, 0.05) is 19.3 Å². The van der Waals surface area contributed by atoms with Gasteiger partial charge in [0.1, 0.15) is 0 Å². The van der Waals surface area contributed by atoms with Crippen LogP contribution in [0.2, 0.25) is 5.02 Å². The number of amides is 1. The number of halogens is 1. The second kappa shape index (κ2) is 7.53. The van der Waals surface area contributed by atoms with Gasteiger partial charge in [-0.3, -0.25) is 4.79 Å². The number of rotatable bonds is 4. The topological polar surface area (TPSA) is 41.1 Å². The molecule has 1 aliphatic rings. The van der Waals surface area contributed by atoms with Crippen molar-refractivity contribution in [1.82, 2.24) is 5.32 Å². The maximum atomic E-state index is 11.7. The number of nitrogens with one attached hydrogen (secondary N) is 2. The molecule has 1 aliphatic carbocycles. The van der Waals surface area contributed by atoms with Crippen molar-refractivity contribution >= 4 is 23.2 Å². The second-order valence-corrected chi connectivity index (χ2v) is 5.92. The SMILES string of the molecule is CNC(=O)c1cc(NCC2CCCCCC2)ccc1Cl. The molecule has 110 valence electrons. The Kier molecular flexibility index (Phi) is 5.72. The summed E-state index contributed by atoms with van der Waals surface area (Å²) in [4.78, 5) is 11.7. The lowest BCUT2D eigenvalue weighted by molar-refractivity contribution is 0.0963. The van der Waals surface area contributed by atoms with E-state index in [0.29, 0.717) is 10.6 Å². The van der Waals surface area contributed by atoms with Crippen LogP contribution in [0.5, 0.6) is 0 Å². The van der Waals surface area contributed by atoms with Gasteiger partial charge < -0.3 is 10.6 Å². The Labute approximate surface area is 126 Å². The maximum absolute atomic E-state index is 11.7. The number of anilines is 1. The molecule has 1 aromatic rings. The quantitative estimate of drug-likeness (QED) is 0.822. The molecule has 2 N–H and O–H groups in total. The highest BCUT2D eigenvalue weighted by Crippen LogP contribution is 2.25. The summed E-state index contributed by atoms with van der Waals surface area (Å²) >= 11 is 6.05. The van der Waals surface area contributed by atoms with Crippen LogP contribution < -0.4 is 10.6 Å². The number of carbonyl (C=O) groups excluding carboxylic acids is 1. The van der Waals surface area contributed by atoms with Gasteiger partial charge in [-0.1, -0.05) is 37.3 Å². The van der Waals surface area contributed by atoms with Crippen molar-refractivity contribution in [3.05, 3.63) is 28.8 Å². The Morgan fingerprint density at radius 1 is 1.25 bits per heavy atom. The van der Waals surface area contributed by atoms with E-state index in [1.807, 2.05) is 12.1 Å². The number of hydrogen-bond acceptors (Lipinski definition) is 2. The van der Waals surface area contributed by atoms with Crippen LogP contribution in [0.25, 0.3) is 0 Å². The zero-order chi connectivity index (χ0) is 14.4. The highest BCUT2D eigenvalue weighted by atomic mass is 35.5. The van der Waals surface area contributed by atoms with Gasteiger partial charge in [-0.2, -0.15) is 0 Å². The lowest BCUT2D eigenvalue weighted by Gasteiger charge is -2.16. The van der Waals surface area contributed by atoms with E-state index in [2.05, 4.69) is 10.6 Å². The lowest BCUT2D eigenvalue weighted by Crippen LogP contribution is -2.19. The Morgan fingerprint density at radius 2 is 1.95 bits per heavy atom. The summed E-state index contributed by atoms with van der Waals surface area (Å²) in [5.74, 6) is 0.602. The van der Waals surface area contributed by atoms with Gasteiger partial charge in [0.25, 0.3) is 5.91 Å². The fraction of sp³-hybridized carbons (Fsp3) is 0.562. The summed E-state index contributed by atoms with van der Waals surface area (Å²) in [6.07, 6.45) is 8.05. The highest BCUT2D eigenvalue weighted by molar-refractivity contribution is 6.34. The molecule has 0 saturated heterocycles. The fourth-order valence-electron chi connectivity index (χ4n) is 2.77. The van der Waals surface area contributed by atoms with Crippen LogP contribution in [0.1, 0.15) is 48.9 Å². The van der Waals surface area contributed by atoms with Crippen molar-refractivity contribution in [2.24, 2.45) is 5.92 Å². The average Bonchev–Trinajstić information content (AvgIpc) is 2.74. The smallest absolute Gasteiger partial charge is 0.252 e. The number of benzene rings is 1. The van der Waals surface area contributed by atoms with Crippen LogP contribution in [-0.4, -0.2) is 19.5 Å². The predicted octanol–water partition coefficient (Wildman–Crippen LogP) is 4.08. The third-order valence-corrected chi connectivity index (χ3v) is 4.34. The summed E-state index contributed by atoms with van der Waals surface area (Å²) in [5, 5.41) is 6.55. The van der Waals surface area contributed by atoms with Gasteiger partial charge in [-0.25, -0.2) is 0 Å². The van der Waals surface area contributed by atoms with E-state index in [0.717, 1.165) is 18.2 Å². The highest BCUT2D eigenvalue weighted by Gasteiger charge is 2.13. The Balaban J connectivity index is 1.97. The molecule has 1 fully saturated rings. The minimum Gasteiger partial charge on any atom is -0.385 e. The van der Waals surface area contributed by atoms with Crippen LogP contribution >= 0.6 is 11.6 Å². The molecule has 20 heavy (non-hydrogen) atoms. The van der Waals surface area contributed by atoms with E-state index in [4.69, 9.17) is 11.6 Å². The van der Waals surface area contributed by atoms with Gasteiger partial charge in [-0.15, -0.1) is 0 Å². The first kappa shape index (κ1) is 15.2. The van der Waals surface area contributed by atoms with E-state index < -0.39 is 0 Å². The molecule has 1 saturated carbocycles. The zero-order valence-electron chi connectivity index (χ0n) is 12.0. The average molecular weight is 295 g/mol. The second-order valence-electron chi connectivity index (χ2n) is 5.51. The number of carbonyl (C=O) groups is 1. The predicted molar refractivity (Wildman–Crippen MR) is 84.5 cm³/mol. The molecule has 4 heteroatoms. The molecule has 1 amide bonds. The Morgan fingerprint density at radius 3 is 2.60 bits per heavy atom. The third kappa shape index (κ3) is 4.14. The monoisotopic (exact) mass is 294 g/mol. The molecular formula is C16H23ClN2O. The first-order valence-electron chi connectivity index (χ1n) is 7.46. The van der Waals surface area contributed by atoms with E-state index >= 15 is 0 Å². The summed E-state index contributed by atoms with van der Waals surface area (Å²) < 4.78 is 0. The molecular weight excluding hydrogens is 272 g/mol. The molecule has 0 spiro atoms. The van der Waals surface area contributed by atoms with Gasteiger partial charge in [0.15, 0.2) is 0 Å². The first-order chi connectivity index (χ1) is 9.70. The van der Waals surface area contributed by atoms with Crippen molar-refractivity contribution in [3.8, 4) is 0 Å². The standard InChI is InChI=1S/C16H23ClN2O/c1-18-16(20)14-10-13(8-9-15(14)17)19-11-12-6-4-2-3-5-7-12/h8-10,12,19H,2-7,11H2,1H3,(H,18,20). The van der Waals surface area contributed by atoms with E-state index in [1.54, 1.807) is 13.1 Å². The maximum Gasteiger partial charge on any atom is 0.252 e. The molecule has 0 radical (unpaired) electrons. The molecule has 0 bridgehead atoms. The summed E-state index contributed by atoms with van der Waals surface area (Å²) in [7, 11) is 1.62. The van der Waals surface area contributed by atoms with Gasteiger partial charge in [-0.05, 0) is 37.0 Å². The molecule has 1 aromatic carbocycles. The molecule has 0 heterocycles. The van der Waals surface area contributed by atoms with Gasteiger partial charge in [0.05, 0.1) is 10.6 Å². The Bertz CT molecular complexity index is 454. The van der Waals surface area contributed by atoms with Crippen LogP contribution in [0.15, 0.2) is 18.2 Å². The molecule has 3 nitrogen and oxygen atoms in total. The van der Waals surface area contributed by atoms with Crippen LogP contribution in [0, 0.1) is 5.92 Å². The van der Waals surface area contributed by atoms with E-state index in [-0.39, 0.29) is 5.91 Å². The normalized spacial score (nSPS) is 16.5.